The van der Waals surface area contributed by atoms with Gasteiger partial charge in [0.1, 0.15) is 0 Å². The second-order valence-corrected chi connectivity index (χ2v) is 7.33. The molecule has 0 bridgehead atoms. The summed E-state index contributed by atoms with van der Waals surface area (Å²) in [6.45, 7) is 4.70. The summed E-state index contributed by atoms with van der Waals surface area (Å²) in [7, 11) is 0. The molecule has 3 N–H and O–H groups in total. The predicted octanol–water partition coefficient (Wildman–Crippen LogP) is 2.90. The summed E-state index contributed by atoms with van der Waals surface area (Å²) in [5.74, 6) is -5.22. The molecule has 2 fully saturated rings. The van der Waals surface area contributed by atoms with E-state index in [2.05, 4.69) is 15.2 Å². The minimum atomic E-state index is -5.08. The van der Waals surface area contributed by atoms with E-state index in [1.165, 1.54) is 0 Å². The quantitative estimate of drug-likeness (QED) is 0.549. The minimum Gasteiger partial charge on any atom is -0.475 e. The van der Waals surface area contributed by atoms with Crippen molar-refractivity contribution in [2.75, 3.05) is 13.1 Å². The van der Waals surface area contributed by atoms with Gasteiger partial charge in [-0.15, -0.1) is 0 Å². The molecule has 33 heavy (non-hydrogen) atoms. The summed E-state index contributed by atoms with van der Waals surface area (Å²) < 4.78 is 63.5. The molecule has 1 aromatic rings. The SMILES string of the molecule is Cc1cccc(CN2C(=O)CCC23CCNCC3)n1.O=C(O)C(F)(F)F.O=C(O)C(F)(F)F. The van der Waals surface area contributed by atoms with Gasteiger partial charge >= 0.3 is 24.3 Å². The van der Waals surface area contributed by atoms with E-state index in [4.69, 9.17) is 19.8 Å². The molecule has 0 aliphatic carbocycles. The maximum atomic E-state index is 12.2. The van der Waals surface area contributed by atoms with Crippen LogP contribution in [0.2, 0.25) is 0 Å². The standard InChI is InChI=1S/C15H21N3O.2C2HF3O2/c1-12-3-2-4-13(17-12)11-18-14(19)5-6-15(18)7-9-16-10-8-15;2*3-2(4,5)1(6)7/h2-4,16H,5-11H2,1H3;2*(H,6,7). The largest absolute Gasteiger partial charge is 0.490 e. The summed E-state index contributed by atoms with van der Waals surface area (Å²) in [5, 5.41) is 17.6. The number of halogens is 6. The van der Waals surface area contributed by atoms with Crippen LogP contribution in [0, 0.1) is 6.92 Å². The molecule has 0 aromatic carbocycles. The lowest BCUT2D eigenvalue weighted by atomic mass is 9.85. The van der Waals surface area contributed by atoms with Gasteiger partial charge in [0, 0.05) is 17.7 Å². The Hall–Kier alpha value is -2.90. The van der Waals surface area contributed by atoms with Crippen molar-refractivity contribution in [1.82, 2.24) is 15.2 Å². The summed E-state index contributed by atoms with van der Waals surface area (Å²) in [6, 6.07) is 6.04. The molecule has 1 spiro atoms. The summed E-state index contributed by atoms with van der Waals surface area (Å²) in [5.41, 5.74) is 2.12. The van der Waals surface area contributed by atoms with Crippen LogP contribution in [0.4, 0.5) is 26.3 Å². The van der Waals surface area contributed by atoms with Crippen LogP contribution in [0.15, 0.2) is 18.2 Å². The number of alkyl halides is 6. The lowest BCUT2D eigenvalue weighted by Crippen LogP contribution is -2.51. The van der Waals surface area contributed by atoms with E-state index in [0.29, 0.717) is 18.9 Å². The molecule has 0 atom stereocenters. The van der Waals surface area contributed by atoms with Crippen LogP contribution < -0.4 is 5.32 Å². The van der Waals surface area contributed by atoms with Gasteiger partial charge in [0.05, 0.1) is 12.2 Å². The maximum absolute atomic E-state index is 12.2. The lowest BCUT2D eigenvalue weighted by Gasteiger charge is -2.41. The van der Waals surface area contributed by atoms with Crippen LogP contribution in [0.25, 0.3) is 0 Å². The first-order valence-corrected chi connectivity index (χ1v) is 9.62. The zero-order valence-electron chi connectivity index (χ0n) is 17.5. The second-order valence-electron chi connectivity index (χ2n) is 7.33. The number of carboxylic acid groups (broad SMARTS) is 2. The Bertz CT molecular complexity index is 814. The summed E-state index contributed by atoms with van der Waals surface area (Å²) in [6.07, 6.45) is -6.31. The number of pyridine rings is 1. The Labute approximate surface area is 184 Å². The highest BCUT2D eigenvalue weighted by Crippen LogP contribution is 2.38. The van der Waals surface area contributed by atoms with Crippen LogP contribution in [0.5, 0.6) is 0 Å². The van der Waals surface area contributed by atoms with Gasteiger partial charge in [-0.3, -0.25) is 9.78 Å². The summed E-state index contributed by atoms with van der Waals surface area (Å²) >= 11 is 0. The Morgan fingerprint density at radius 2 is 1.52 bits per heavy atom. The number of nitrogens with zero attached hydrogens (tertiary/aromatic N) is 2. The molecular weight excluding hydrogens is 464 g/mol. The first kappa shape index (κ1) is 28.1. The number of nitrogens with one attached hydrogen (secondary N) is 1. The van der Waals surface area contributed by atoms with E-state index in [1.54, 1.807) is 0 Å². The van der Waals surface area contributed by atoms with E-state index in [1.807, 2.05) is 25.1 Å². The normalized spacial score (nSPS) is 17.5. The van der Waals surface area contributed by atoms with Gasteiger partial charge in [-0.2, -0.15) is 26.3 Å². The third kappa shape index (κ3) is 8.86. The fourth-order valence-electron chi connectivity index (χ4n) is 3.39. The van der Waals surface area contributed by atoms with Crippen molar-refractivity contribution in [3.05, 3.63) is 29.6 Å². The third-order valence-electron chi connectivity index (χ3n) is 4.96. The van der Waals surface area contributed by atoms with Crippen molar-refractivity contribution in [3.8, 4) is 0 Å². The van der Waals surface area contributed by atoms with Crippen LogP contribution in [-0.4, -0.2) is 68.9 Å². The summed E-state index contributed by atoms with van der Waals surface area (Å²) in [4.78, 5) is 36.6. The molecule has 0 radical (unpaired) electrons. The molecule has 186 valence electrons. The molecule has 2 aliphatic heterocycles. The molecular formula is C19H23F6N3O5. The first-order valence-electron chi connectivity index (χ1n) is 9.62. The minimum absolute atomic E-state index is 0.0910. The van der Waals surface area contributed by atoms with Crippen LogP contribution in [0.3, 0.4) is 0 Å². The van der Waals surface area contributed by atoms with E-state index < -0.39 is 24.3 Å². The number of hydrogen-bond donors (Lipinski definition) is 3. The fourth-order valence-corrected chi connectivity index (χ4v) is 3.39. The number of likely N-dealkylation sites (tertiary alicyclic amines) is 1. The Balaban J connectivity index is 0.000000324. The number of carboxylic acids is 2. The van der Waals surface area contributed by atoms with E-state index in [9.17, 15) is 31.1 Å². The van der Waals surface area contributed by atoms with Crippen molar-refractivity contribution in [1.29, 1.82) is 0 Å². The lowest BCUT2D eigenvalue weighted by molar-refractivity contribution is -0.193. The fraction of sp³-hybridized carbons (Fsp3) is 0.579. The molecule has 8 nitrogen and oxygen atoms in total. The first-order chi connectivity index (χ1) is 15.1. The molecule has 14 heteroatoms. The van der Waals surface area contributed by atoms with Crippen molar-refractivity contribution < 1.29 is 50.9 Å². The molecule has 0 saturated carbocycles. The zero-order valence-corrected chi connectivity index (χ0v) is 17.5. The zero-order chi connectivity index (χ0) is 25.4. The van der Waals surface area contributed by atoms with Gasteiger partial charge in [0.25, 0.3) is 0 Å². The second kappa shape index (κ2) is 11.3. The Morgan fingerprint density at radius 1 is 1.03 bits per heavy atom. The number of aromatic nitrogens is 1. The molecule has 1 amide bonds. The topological polar surface area (TPSA) is 120 Å². The van der Waals surface area contributed by atoms with E-state index in [0.717, 1.165) is 43.7 Å². The third-order valence-corrected chi connectivity index (χ3v) is 4.96. The van der Waals surface area contributed by atoms with E-state index in [-0.39, 0.29) is 5.54 Å². The Kier molecular flexibility index (Phi) is 9.63. The van der Waals surface area contributed by atoms with Crippen LogP contribution in [-0.2, 0) is 20.9 Å². The van der Waals surface area contributed by atoms with Crippen molar-refractivity contribution in [2.45, 2.75) is 57.0 Å². The number of aliphatic carboxylic acids is 2. The predicted molar refractivity (Wildman–Crippen MR) is 101 cm³/mol. The molecule has 3 rings (SSSR count). The highest BCUT2D eigenvalue weighted by atomic mass is 19.4. The van der Waals surface area contributed by atoms with E-state index >= 15 is 0 Å². The van der Waals surface area contributed by atoms with Gasteiger partial charge in [-0.05, 0) is 51.4 Å². The van der Waals surface area contributed by atoms with Crippen LogP contribution >= 0.6 is 0 Å². The van der Waals surface area contributed by atoms with Gasteiger partial charge in [-0.1, -0.05) is 6.07 Å². The highest BCUT2D eigenvalue weighted by Gasteiger charge is 2.45. The molecule has 2 saturated heterocycles. The number of piperidine rings is 1. The smallest absolute Gasteiger partial charge is 0.475 e. The number of amides is 1. The monoisotopic (exact) mass is 487 g/mol. The van der Waals surface area contributed by atoms with Crippen LogP contribution in [0.1, 0.15) is 37.1 Å². The average molecular weight is 487 g/mol. The number of rotatable bonds is 2. The van der Waals surface area contributed by atoms with Crippen molar-refractivity contribution >= 4 is 17.8 Å². The average Bonchev–Trinajstić information content (AvgIpc) is 2.98. The van der Waals surface area contributed by atoms with Crippen molar-refractivity contribution in [3.63, 3.8) is 0 Å². The van der Waals surface area contributed by atoms with Crippen molar-refractivity contribution in [2.24, 2.45) is 0 Å². The van der Waals surface area contributed by atoms with Gasteiger partial charge in [0.15, 0.2) is 0 Å². The van der Waals surface area contributed by atoms with Gasteiger partial charge in [-0.25, -0.2) is 9.59 Å². The number of aryl methyl sites for hydroxylation is 1. The van der Waals surface area contributed by atoms with Gasteiger partial charge < -0.3 is 20.4 Å². The number of hydrogen-bond acceptors (Lipinski definition) is 5. The molecule has 1 aromatic heterocycles. The molecule has 2 aliphatic rings. The Morgan fingerprint density at radius 3 is 1.94 bits per heavy atom. The maximum Gasteiger partial charge on any atom is 0.490 e. The molecule has 3 heterocycles. The number of carbonyl (C=O) groups is 3. The van der Waals surface area contributed by atoms with Gasteiger partial charge in [0.2, 0.25) is 5.91 Å². The molecule has 0 unspecified atom stereocenters. The highest BCUT2D eigenvalue weighted by molar-refractivity contribution is 5.79. The number of carbonyl (C=O) groups excluding carboxylic acids is 1.